The zero-order valence-electron chi connectivity index (χ0n) is 11.2. The molecule has 0 aromatic heterocycles. The van der Waals surface area contributed by atoms with Gasteiger partial charge in [-0.05, 0) is 43.7 Å². The van der Waals surface area contributed by atoms with Gasteiger partial charge in [0.1, 0.15) is 0 Å². The molecule has 18 heavy (non-hydrogen) atoms. The van der Waals surface area contributed by atoms with E-state index < -0.39 is 0 Å². The smallest absolute Gasteiger partial charge is 0.0430 e. The van der Waals surface area contributed by atoms with Crippen LogP contribution < -0.4 is 10.6 Å². The van der Waals surface area contributed by atoms with Gasteiger partial charge in [-0.3, -0.25) is 0 Å². The first-order valence-corrected chi connectivity index (χ1v) is 7.43. The lowest BCUT2D eigenvalue weighted by Gasteiger charge is -2.35. The summed E-state index contributed by atoms with van der Waals surface area (Å²) in [5, 5.41) is 0. The standard InChI is InChI=1S/C16H24N2/c17-16(10-4-5-11-16)14-8-2-3-9-15(14)18-12-6-1-7-13-18/h2-3,8-9H,1,4-7,10-13,17H2. The van der Waals surface area contributed by atoms with Crippen molar-refractivity contribution in [2.75, 3.05) is 18.0 Å². The van der Waals surface area contributed by atoms with Gasteiger partial charge in [-0.2, -0.15) is 0 Å². The molecule has 2 fully saturated rings. The van der Waals surface area contributed by atoms with Crippen LogP contribution in [0.5, 0.6) is 0 Å². The normalized spacial score (nSPS) is 23.3. The molecule has 2 nitrogen and oxygen atoms in total. The van der Waals surface area contributed by atoms with Gasteiger partial charge in [0.15, 0.2) is 0 Å². The minimum Gasteiger partial charge on any atom is -0.371 e. The summed E-state index contributed by atoms with van der Waals surface area (Å²) in [6, 6.07) is 8.84. The number of nitrogens with zero attached hydrogens (tertiary/aromatic N) is 1. The van der Waals surface area contributed by atoms with Gasteiger partial charge in [0.05, 0.1) is 0 Å². The Balaban J connectivity index is 1.93. The number of nitrogens with two attached hydrogens (primary N) is 1. The Morgan fingerprint density at radius 1 is 0.889 bits per heavy atom. The average molecular weight is 244 g/mol. The fourth-order valence-corrected chi connectivity index (χ4v) is 3.58. The molecular formula is C16H24N2. The van der Waals surface area contributed by atoms with E-state index in [1.54, 1.807) is 0 Å². The summed E-state index contributed by atoms with van der Waals surface area (Å²) >= 11 is 0. The van der Waals surface area contributed by atoms with Crippen LogP contribution in [0.1, 0.15) is 50.5 Å². The molecule has 1 saturated heterocycles. The van der Waals surface area contributed by atoms with E-state index in [4.69, 9.17) is 5.73 Å². The highest BCUT2D eigenvalue weighted by Gasteiger charge is 2.34. The Kier molecular flexibility index (Phi) is 3.29. The number of benzene rings is 1. The highest BCUT2D eigenvalue weighted by atomic mass is 15.1. The molecule has 0 amide bonds. The molecular weight excluding hydrogens is 220 g/mol. The summed E-state index contributed by atoms with van der Waals surface area (Å²) in [5.74, 6) is 0. The van der Waals surface area contributed by atoms with E-state index in [0.29, 0.717) is 0 Å². The van der Waals surface area contributed by atoms with E-state index in [0.717, 1.165) is 12.8 Å². The second-order valence-electron chi connectivity index (χ2n) is 5.93. The highest BCUT2D eigenvalue weighted by Crippen LogP contribution is 2.41. The summed E-state index contributed by atoms with van der Waals surface area (Å²) in [4.78, 5) is 2.55. The molecule has 1 aromatic carbocycles. The third-order valence-electron chi connectivity index (χ3n) is 4.63. The second kappa shape index (κ2) is 4.93. The third kappa shape index (κ3) is 2.14. The van der Waals surface area contributed by atoms with E-state index in [1.807, 2.05) is 0 Å². The quantitative estimate of drug-likeness (QED) is 0.864. The maximum atomic E-state index is 6.66. The van der Waals surface area contributed by atoms with Crippen molar-refractivity contribution in [3.63, 3.8) is 0 Å². The lowest BCUT2D eigenvalue weighted by atomic mass is 9.87. The molecule has 1 saturated carbocycles. The maximum Gasteiger partial charge on any atom is 0.0430 e. The lowest BCUT2D eigenvalue weighted by Crippen LogP contribution is -2.37. The van der Waals surface area contributed by atoms with E-state index in [2.05, 4.69) is 29.2 Å². The lowest BCUT2D eigenvalue weighted by molar-refractivity contribution is 0.458. The van der Waals surface area contributed by atoms with Crippen LogP contribution in [-0.4, -0.2) is 13.1 Å². The first kappa shape index (κ1) is 12.0. The summed E-state index contributed by atoms with van der Waals surface area (Å²) < 4.78 is 0. The number of rotatable bonds is 2. The minimum atomic E-state index is -0.0615. The van der Waals surface area contributed by atoms with E-state index in [-0.39, 0.29) is 5.54 Å². The maximum absolute atomic E-state index is 6.66. The van der Waals surface area contributed by atoms with Crippen molar-refractivity contribution >= 4 is 5.69 Å². The Bertz CT molecular complexity index is 401. The van der Waals surface area contributed by atoms with Crippen molar-refractivity contribution in [1.29, 1.82) is 0 Å². The second-order valence-corrected chi connectivity index (χ2v) is 5.93. The van der Waals surface area contributed by atoms with Gasteiger partial charge in [-0.1, -0.05) is 31.0 Å². The Morgan fingerprint density at radius 2 is 1.56 bits per heavy atom. The third-order valence-corrected chi connectivity index (χ3v) is 4.63. The summed E-state index contributed by atoms with van der Waals surface area (Å²) in [6.45, 7) is 2.40. The molecule has 2 heteroatoms. The van der Waals surface area contributed by atoms with E-state index in [9.17, 15) is 0 Å². The first-order valence-electron chi connectivity index (χ1n) is 7.43. The predicted octanol–water partition coefficient (Wildman–Crippen LogP) is 3.40. The Morgan fingerprint density at radius 3 is 2.28 bits per heavy atom. The topological polar surface area (TPSA) is 29.3 Å². The van der Waals surface area contributed by atoms with Crippen molar-refractivity contribution in [2.45, 2.75) is 50.5 Å². The largest absolute Gasteiger partial charge is 0.371 e. The van der Waals surface area contributed by atoms with Gasteiger partial charge >= 0.3 is 0 Å². The van der Waals surface area contributed by atoms with E-state index in [1.165, 1.54) is 56.4 Å². The molecule has 98 valence electrons. The molecule has 0 radical (unpaired) electrons. The number of hydrogen-bond acceptors (Lipinski definition) is 2. The van der Waals surface area contributed by atoms with Gasteiger partial charge in [0.2, 0.25) is 0 Å². The van der Waals surface area contributed by atoms with Crippen LogP contribution in [0.25, 0.3) is 0 Å². The van der Waals surface area contributed by atoms with Gasteiger partial charge in [0, 0.05) is 24.3 Å². The molecule has 1 aliphatic carbocycles. The number of hydrogen-bond donors (Lipinski definition) is 1. The Hall–Kier alpha value is -1.02. The molecule has 1 heterocycles. The molecule has 0 bridgehead atoms. The minimum absolute atomic E-state index is 0.0615. The van der Waals surface area contributed by atoms with Crippen LogP contribution in [0.2, 0.25) is 0 Å². The fraction of sp³-hybridized carbons (Fsp3) is 0.625. The average Bonchev–Trinajstić information content (AvgIpc) is 2.88. The number of anilines is 1. The molecule has 0 spiro atoms. The van der Waals surface area contributed by atoms with Gasteiger partial charge in [-0.15, -0.1) is 0 Å². The Labute approximate surface area is 110 Å². The summed E-state index contributed by atoms with van der Waals surface area (Å²) in [5.41, 5.74) is 9.40. The SMILES string of the molecule is NC1(c2ccccc2N2CCCCC2)CCCC1. The van der Waals surface area contributed by atoms with Crippen LogP contribution >= 0.6 is 0 Å². The van der Waals surface area contributed by atoms with E-state index >= 15 is 0 Å². The summed E-state index contributed by atoms with van der Waals surface area (Å²) in [7, 11) is 0. The van der Waals surface area contributed by atoms with Crippen molar-refractivity contribution in [3.8, 4) is 0 Å². The van der Waals surface area contributed by atoms with Gasteiger partial charge in [-0.25, -0.2) is 0 Å². The van der Waals surface area contributed by atoms with Crippen molar-refractivity contribution in [2.24, 2.45) is 5.73 Å². The van der Waals surface area contributed by atoms with Gasteiger partial charge < -0.3 is 10.6 Å². The molecule has 0 unspecified atom stereocenters. The highest BCUT2D eigenvalue weighted by molar-refractivity contribution is 5.57. The number of piperidine rings is 1. The van der Waals surface area contributed by atoms with Crippen LogP contribution in [0.4, 0.5) is 5.69 Å². The van der Waals surface area contributed by atoms with Crippen molar-refractivity contribution in [1.82, 2.24) is 0 Å². The molecule has 1 aromatic rings. The molecule has 2 N–H and O–H groups in total. The summed E-state index contributed by atoms with van der Waals surface area (Å²) in [6.07, 6.45) is 8.90. The van der Waals surface area contributed by atoms with Crippen molar-refractivity contribution < 1.29 is 0 Å². The number of para-hydroxylation sites is 1. The first-order chi connectivity index (χ1) is 8.80. The van der Waals surface area contributed by atoms with Crippen molar-refractivity contribution in [3.05, 3.63) is 29.8 Å². The molecule has 2 aliphatic rings. The monoisotopic (exact) mass is 244 g/mol. The molecule has 3 rings (SSSR count). The zero-order chi connectivity index (χ0) is 12.4. The zero-order valence-corrected chi connectivity index (χ0v) is 11.2. The fourth-order valence-electron chi connectivity index (χ4n) is 3.58. The van der Waals surface area contributed by atoms with Crippen LogP contribution in [-0.2, 0) is 5.54 Å². The van der Waals surface area contributed by atoms with Crippen LogP contribution in [0.3, 0.4) is 0 Å². The van der Waals surface area contributed by atoms with Gasteiger partial charge in [0.25, 0.3) is 0 Å². The molecule has 0 atom stereocenters. The van der Waals surface area contributed by atoms with Crippen LogP contribution in [0, 0.1) is 0 Å². The predicted molar refractivity (Wildman–Crippen MR) is 76.8 cm³/mol. The molecule has 1 aliphatic heterocycles. The van der Waals surface area contributed by atoms with Crippen LogP contribution in [0.15, 0.2) is 24.3 Å².